The number of rotatable bonds is 73. The van der Waals surface area contributed by atoms with E-state index in [9.17, 15) is 61.0 Å². The molecule has 3 saturated heterocycles. The standard InChI is InChI=1S/C91H165NO18/c1-3-5-7-9-11-13-15-17-19-21-23-25-27-29-31-33-35-37-39-41-43-45-47-49-51-53-55-57-59-61-63-65-67-69-79(97)92-74(75(96)68-66-64-62-60-58-56-54-52-50-48-46-44-42-40-38-36-34-32-30-28-26-24-22-20-18-16-14-12-10-8-6-4-2)73-105-89-85(103)82(100)87(77(71-94)107-89)110-91-86(104)83(101)88(78(72-95)108-91)109-90-84(102)81(99)80(98)76(70-93)106-90/h5,7,11,13,17,19,23,25,29,31,35,37,74-78,80-91,93-96,98-104H,3-4,6,8-10,12,14-16,18,20-22,24,26-28,30,32-34,36,38-73H2,1-2H3,(H,92,97)/b7-5-,13-11-,19-17-,25-23-,31-29-,37-35-. The average molecular weight is 1560 g/mol. The Morgan fingerprint density at radius 2 is 0.627 bits per heavy atom. The number of aliphatic hydroxyl groups is 11. The zero-order valence-corrected chi connectivity index (χ0v) is 69.2. The highest BCUT2D eigenvalue weighted by molar-refractivity contribution is 5.76. The molecule has 3 rings (SSSR count). The smallest absolute Gasteiger partial charge is 0.220 e. The number of ether oxygens (including phenoxy) is 6. The van der Waals surface area contributed by atoms with E-state index in [-0.39, 0.29) is 18.9 Å². The first-order valence-corrected chi connectivity index (χ1v) is 45.2. The Labute approximate surface area is 668 Å². The van der Waals surface area contributed by atoms with E-state index < -0.39 is 124 Å². The van der Waals surface area contributed by atoms with Crippen LogP contribution in [0.5, 0.6) is 0 Å². The third-order valence-electron chi connectivity index (χ3n) is 22.3. The van der Waals surface area contributed by atoms with Crippen molar-refractivity contribution in [3.63, 3.8) is 0 Å². The second-order valence-electron chi connectivity index (χ2n) is 32.0. The van der Waals surface area contributed by atoms with Gasteiger partial charge >= 0.3 is 0 Å². The number of aliphatic hydroxyl groups excluding tert-OH is 11. The zero-order chi connectivity index (χ0) is 79.5. The Morgan fingerprint density at radius 3 is 0.982 bits per heavy atom. The molecule has 0 spiro atoms. The van der Waals surface area contributed by atoms with Gasteiger partial charge in [-0.25, -0.2) is 0 Å². The minimum Gasteiger partial charge on any atom is -0.394 e. The molecule has 1 amide bonds. The number of amides is 1. The van der Waals surface area contributed by atoms with Crippen LogP contribution in [-0.2, 0) is 33.2 Å². The molecule has 3 aliphatic heterocycles. The molecule has 642 valence electrons. The number of hydrogen-bond donors (Lipinski definition) is 12. The molecule has 19 nitrogen and oxygen atoms in total. The Balaban J connectivity index is 1.32. The van der Waals surface area contributed by atoms with Crippen LogP contribution in [0, 0.1) is 0 Å². The maximum absolute atomic E-state index is 13.5. The largest absolute Gasteiger partial charge is 0.394 e. The molecule has 0 aromatic carbocycles. The molecule has 12 N–H and O–H groups in total. The molecular formula is C91H165NO18. The molecule has 19 heteroatoms. The monoisotopic (exact) mass is 1560 g/mol. The van der Waals surface area contributed by atoms with E-state index >= 15 is 0 Å². The summed E-state index contributed by atoms with van der Waals surface area (Å²) < 4.78 is 34.6. The predicted molar refractivity (Wildman–Crippen MR) is 443 cm³/mol. The summed E-state index contributed by atoms with van der Waals surface area (Å²) in [7, 11) is 0. The van der Waals surface area contributed by atoms with Crippen LogP contribution in [0.3, 0.4) is 0 Å². The first-order valence-electron chi connectivity index (χ1n) is 45.2. The summed E-state index contributed by atoms with van der Waals surface area (Å²) in [6.07, 6.45) is 67.2. The van der Waals surface area contributed by atoms with Gasteiger partial charge in [0.25, 0.3) is 0 Å². The molecule has 0 bridgehead atoms. The molecule has 0 aliphatic carbocycles. The van der Waals surface area contributed by atoms with Crippen LogP contribution in [-0.4, -0.2) is 193 Å². The number of hydrogen-bond acceptors (Lipinski definition) is 18. The van der Waals surface area contributed by atoms with Gasteiger partial charge in [0.15, 0.2) is 18.9 Å². The molecule has 17 atom stereocenters. The molecule has 110 heavy (non-hydrogen) atoms. The Kier molecular flexibility index (Phi) is 64.9. The SMILES string of the molecule is CC/C=C\C/C=C\C/C=C\C/C=C\C/C=C\C/C=C\CCCCCCCCCCCCCCCCC(=O)NC(COC1OC(CO)C(OC2OC(CO)C(OC3OC(CO)C(O)C(O)C3O)C(O)C2O)C(O)C1O)C(O)CCCCCCCCCCCCCCCCCCCCCCCCCCCCCCCCCC. The van der Waals surface area contributed by atoms with Gasteiger partial charge in [-0.2, -0.15) is 0 Å². The molecule has 3 aliphatic rings. The van der Waals surface area contributed by atoms with Gasteiger partial charge in [0, 0.05) is 6.42 Å². The summed E-state index contributed by atoms with van der Waals surface area (Å²) in [6, 6.07) is -0.893. The summed E-state index contributed by atoms with van der Waals surface area (Å²) in [4.78, 5) is 13.5. The van der Waals surface area contributed by atoms with Crippen LogP contribution in [0.25, 0.3) is 0 Å². The van der Waals surface area contributed by atoms with Crippen molar-refractivity contribution in [2.24, 2.45) is 0 Å². The minimum absolute atomic E-state index is 0.240. The maximum Gasteiger partial charge on any atom is 0.220 e. The van der Waals surface area contributed by atoms with Crippen molar-refractivity contribution < 1.29 is 89.4 Å². The summed E-state index contributed by atoms with van der Waals surface area (Å²) in [6.45, 7) is 1.74. The Hall–Kier alpha value is -2.77. The lowest BCUT2D eigenvalue weighted by Crippen LogP contribution is -2.66. The van der Waals surface area contributed by atoms with E-state index in [0.717, 1.165) is 89.9 Å². The van der Waals surface area contributed by atoms with Gasteiger partial charge < -0.3 is 89.9 Å². The lowest BCUT2D eigenvalue weighted by atomic mass is 9.96. The number of carbonyl (C=O) groups is 1. The molecule has 3 heterocycles. The summed E-state index contributed by atoms with van der Waals surface area (Å²) in [5.74, 6) is -0.240. The molecule has 0 radical (unpaired) electrons. The van der Waals surface area contributed by atoms with Crippen molar-refractivity contribution >= 4 is 5.91 Å². The number of allylic oxidation sites excluding steroid dienone is 12. The van der Waals surface area contributed by atoms with Gasteiger partial charge in [-0.3, -0.25) is 4.79 Å². The summed E-state index contributed by atoms with van der Waals surface area (Å²) in [5, 5.41) is 121. The lowest BCUT2D eigenvalue weighted by Gasteiger charge is -2.48. The first-order chi connectivity index (χ1) is 53.8. The Morgan fingerprint density at radius 1 is 0.336 bits per heavy atom. The summed E-state index contributed by atoms with van der Waals surface area (Å²) in [5.41, 5.74) is 0. The van der Waals surface area contributed by atoms with Gasteiger partial charge in [-0.1, -0.05) is 369 Å². The quantitative estimate of drug-likeness (QED) is 0.0199. The van der Waals surface area contributed by atoms with E-state index in [4.69, 9.17) is 28.4 Å². The van der Waals surface area contributed by atoms with Crippen molar-refractivity contribution in [3.8, 4) is 0 Å². The fourth-order valence-corrected chi connectivity index (χ4v) is 15.1. The highest BCUT2D eigenvalue weighted by Gasteiger charge is 2.54. The van der Waals surface area contributed by atoms with Crippen molar-refractivity contribution in [1.29, 1.82) is 0 Å². The molecule has 17 unspecified atom stereocenters. The van der Waals surface area contributed by atoms with Crippen molar-refractivity contribution in [2.45, 2.75) is 471 Å². The highest BCUT2D eigenvalue weighted by Crippen LogP contribution is 2.34. The van der Waals surface area contributed by atoms with E-state index in [1.165, 1.54) is 244 Å². The van der Waals surface area contributed by atoms with Crippen LogP contribution in [0.1, 0.15) is 367 Å². The number of unbranched alkanes of at least 4 members (excludes halogenated alkanes) is 45. The van der Waals surface area contributed by atoms with Crippen LogP contribution in [0.4, 0.5) is 0 Å². The van der Waals surface area contributed by atoms with Crippen LogP contribution >= 0.6 is 0 Å². The average Bonchev–Trinajstić information content (AvgIpc) is 0.780. The molecule has 0 aromatic heterocycles. The summed E-state index contributed by atoms with van der Waals surface area (Å²) >= 11 is 0. The van der Waals surface area contributed by atoms with Crippen molar-refractivity contribution in [3.05, 3.63) is 72.9 Å². The van der Waals surface area contributed by atoms with Crippen LogP contribution < -0.4 is 5.32 Å². The van der Waals surface area contributed by atoms with Gasteiger partial charge in [-0.05, 0) is 64.2 Å². The predicted octanol–water partition coefficient (Wildman–Crippen LogP) is 17.1. The number of carbonyl (C=O) groups excluding carboxylic acids is 1. The maximum atomic E-state index is 13.5. The van der Waals surface area contributed by atoms with Crippen LogP contribution in [0.15, 0.2) is 72.9 Å². The highest BCUT2D eigenvalue weighted by atomic mass is 16.8. The van der Waals surface area contributed by atoms with Crippen molar-refractivity contribution in [2.75, 3.05) is 26.4 Å². The van der Waals surface area contributed by atoms with Crippen molar-refractivity contribution in [1.82, 2.24) is 5.32 Å². The van der Waals surface area contributed by atoms with Gasteiger partial charge in [0.1, 0.15) is 73.2 Å². The van der Waals surface area contributed by atoms with E-state index in [0.29, 0.717) is 12.8 Å². The third-order valence-corrected chi connectivity index (χ3v) is 22.3. The zero-order valence-electron chi connectivity index (χ0n) is 69.2. The minimum atomic E-state index is -1.98. The van der Waals surface area contributed by atoms with E-state index in [1.54, 1.807) is 0 Å². The fraction of sp³-hybridized carbons (Fsp3) is 0.857. The van der Waals surface area contributed by atoms with Gasteiger partial charge in [0.2, 0.25) is 5.91 Å². The van der Waals surface area contributed by atoms with E-state index in [1.807, 2.05) is 0 Å². The second-order valence-corrected chi connectivity index (χ2v) is 32.0. The van der Waals surface area contributed by atoms with Gasteiger partial charge in [-0.15, -0.1) is 0 Å². The Bertz CT molecular complexity index is 2270. The molecule has 3 fully saturated rings. The normalized spacial score (nSPS) is 25.5. The third kappa shape index (κ3) is 48.7. The van der Waals surface area contributed by atoms with E-state index in [2.05, 4.69) is 92.1 Å². The molecule has 0 aromatic rings. The lowest BCUT2D eigenvalue weighted by molar-refractivity contribution is -0.379. The fourth-order valence-electron chi connectivity index (χ4n) is 15.1. The molecular weight excluding hydrogens is 1390 g/mol. The molecule has 0 saturated carbocycles. The van der Waals surface area contributed by atoms with Gasteiger partial charge in [0.05, 0.1) is 38.6 Å². The topological polar surface area (TPSA) is 307 Å². The second kappa shape index (κ2) is 70.4. The van der Waals surface area contributed by atoms with Crippen LogP contribution in [0.2, 0.25) is 0 Å². The first kappa shape index (κ1) is 101. The number of nitrogens with one attached hydrogen (secondary N) is 1.